The fraction of sp³-hybridized carbons (Fsp3) is 0.300. The smallest absolute Gasteiger partial charge is 0.0924 e. The quantitative estimate of drug-likeness (QED) is 0.143. The first kappa shape index (κ1) is 60.1. The van der Waals surface area contributed by atoms with Gasteiger partial charge in [-0.25, -0.2) is 34.9 Å². The third kappa shape index (κ3) is 14.1. The van der Waals surface area contributed by atoms with Crippen LogP contribution in [0.1, 0.15) is 118 Å². The van der Waals surface area contributed by atoms with Gasteiger partial charge >= 0.3 is 0 Å². The van der Waals surface area contributed by atoms with E-state index in [1.807, 2.05) is 66.7 Å². The van der Waals surface area contributed by atoms with Gasteiger partial charge in [-0.2, -0.15) is 0 Å². The van der Waals surface area contributed by atoms with Gasteiger partial charge in [0.2, 0.25) is 0 Å². The lowest BCUT2D eigenvalue weighted by molar-refractivity contribution is 1.08. The van der Waals surface area contributed by atoms with Gasteiger partial charge in [0.15, 0.2) is 0 Å². The van der Waals surface area contributed by atoms with Gasteiger partial charge in [-0.3, -0.25) is 19.9 Å². The summed E-state index contributed by atoms with van der Waals surface area (Å²) in [6.45, 7) is 43.5. The average Bonchev–Trinajstić information content (AvgIpc) is 3.48. The van der Waals surface area contributed by atoms with Gasteiger partial charge in [0, 0.05) is 29.7 Å². The number of hydrogen-bond acceptors (Lipinski definition) is 11. The van der Waals surface area contributed by atoms with Crippen LogP contribution in [0.15, 0.2) is 97.5 Å². The van der Waals surface area contributed by atoms with Gasteiger partial charge in [-0.15, -0.1) is 0 Å². The van der Waals surface area contributed by atoms with E-state index in [9.17, 15) is 0 Å². The molecule has 0 aliphatic rings. The first-order valence-electron chi connectivity index (χ1n) is 27.7. The lowest BCUT2D eigenvalue weighted by Crippen LogP contribution is -2.01. The zero-order chi connectivity index (χ0) is 59.1. The Hall–Kier alpha value is -8.57. The number of nitrogens with zero attached hydrogens (tertiary/aromatic N) is 11. The second kappa shape index (κ2) is 25.7. The molecule has 0 atom stereocenters. The minimum absolute atomic E-state index is 0.968. The minimum Gasteiger partial charge on any atom is -0.253 e. The maximum absolute atomic E-state index is 4.68. The van der Waals surface area contributed by atoms with Gasteiger partial charge in [0.1, 0.15) is 0 Å². The van der Waals surface area contributed by atoms with Gasteiger partial charge in [-0.05, 0) is 266 Å². The van der Waals surface area contributed by atoms with Gasteiger partial charge in [-0.1, -0.05) is 30.3 Å². The Kier molecular flexibility index (Phi) is 19.1. The molecule has 0 fully saturated rings. The van der Waals surface area contributed by atoms with Crippen LogP contribution in [0.5, 0.6) is 0 Å². The maximum Gasteiger partial charge on any atom is 0.0924 e. The predicted octanol–water partition coefficient (Wildman–Crippen LogP) is 16.9. The normalized spacial score (nSPS) is 10.8. The summed E-state index contributed by atoms with van der Waals surface area (Å²) in [4.78, 5) is 49.1. The standard InChI is InChI=1S/C14H18N2.C12H13N.4C11H12N2/c1-7-8(2)10(4)14-13(9(7)3)15-11(5)12(6)16-14;1-8-5-4-6-12-11(8)7-9(2)10(3)13-12;1-7-4-10-11(5-8(7)2)13-9(3)6-12-10;1-7-6-10-11(9(3)8(7)2)13-5-4-12-10;1-7-4-5-10-11(6-7)13-9(3)8(2)12-10;1-7-5-4-6-10-11(7)13-9(3)8(2)12-10/h1-6H3;4-7H,1-3H3;4*4-6H,1-3H3. The number of fused-ring (bicyclic) bond motifs is 6. The highest BCUT2D eigenvalue weighted by Crippen LogP contribution is 2.28. The van der Waals surface area contributed by atoms with E-state index < -0.39 is 0 Å². The largest absolute Gasteiger partial charge is 0.253 e. The van der Waals surface area contributed by atoms with Crippen molar-refractivity contribution in [3.05, 3.63) is 215 Å². The van der Waals surface area contributed by atoms with Gasteiger partial charge in [0.05, 0.1) is 101 Å². The number of aryl methyl sites for hydroxylation is 18. The Balaban J connectivity index is 0.000000140. The molecule has 0 radical (unpaired) electrons. The monoisotopic (exact) mass is 1070 g/mol. The molecule has 0 saturated carbocycles. The summed E-state index contributed by atoms with van der Waals surface area (Å²) in [6, 6.07) is 26.9. The first-order valence-corrected chi connectivity index (χ1v) is 27.7. The van der Waals surface area contributed by atoms with Gasteiger partial charge < -0.3 is 0 Å². The molecule has 6 aromatic carbocycles. The Morgan fingerprint density at radius 2 is 0.716 bits per heavy atom. The predicted molar refractivity (Wildman–Crippen MR) is 339 cm³/mol. The second-order valence-electron chi connectivity index (χ2n) is 21.7. The number of hydrogen-bond donors (Lipinski definition) is 0. The Morgan fingerprint density at radius 3 is 1.33 bits per heavy atom. The van der Waals surface area contributed by atoms with Gasteiger partial charge in [0.25, 0.3) is 0 Å². The Bertz CT molecular complexity index is 4040. The summed E-state index contributed by atoms with van der Waals surface area (Å²) in [5, 5.41) is 1.27. The lowest BCUT2D eigenvalue weighted by atomic mass is 9.97. The van der Waals surface area contributed by atoms with Crippen LogP contribution in [0.2, 0.25) is 0 Å². The van der Waals surface area contributed by atoms with Crippen molar-refractivity contribution in [1.29, 1.82) is 0 Å². The fourth-order valence-corrected chi connectivity index (χ4v) is 9.20. The van der Waals surface area contributed by atoms with Crippen LogP contribution in [-0.2, 0) is 0 Å². The van der Waals surface area contributed by atoms with Crippen LogP contribution in [0.4, 0.5) is 0 Å². The Morgan fingerprint density at radius 1 is 0.247 bits per heavy atom. The van der Waals surface area contributed by atoms with Crippen LogP contribution < -0.4 is 0 Å². The van der Waals surface area contributed by atoms with E-state index in [1.54, 1.807) is 18.6 Å². The van der Waals surface area contributed by atoms with Crippen LogP contribution in [-0.4, -0.2) is 54.8 Å². The molecule has 0 N–H and O–H groups in total. The number of para-hydroxylation sites is 1. The van der Waals surface area contributed by atoms with Crippen molar-refractivity contribution in [2.75, 3.05) is 0 Å². The number of aromatic nitrogens is 11. The van der Waals surface area contributed by atoms with E-state index in [1.165, 1.54) is 77.7 Å². The van der Waals surface area contributed by atoms with Crippen LogP contribution in [0.25, 0.3) is 66.1 Å². The summed E-state index contributed by atoms with van der Waals surface area (Å²) < 4.78 is 0. The topological polar surface area (TPSA) is 142 Å². The van der Waals surface area contributed by atoms with Crippen molar-refractivity contribution in [3.63, 3.8) is 0 Å². The van der Waals surface area contributed by atoms with E-state index in [-0.39, 0.29) is 0 Å². The SMILES string of the molecule is Cc1cc2c(C)cccc2nc1C.Cc1cc2nccnc2c(C)c1C.Cc1ccc2nc(C)c(C)nc2c1.Cc1cnc2cc(C)c(C)cc2n1.Cc1nc2c(C)c(C)c(C)c(C)c2nc1C.Cc1nc2cccc(C)c2nc1C. The van der Waals surface area contributed by atoms with E-state index >= 15 is 0 Å². The molecule has 11 nitrogen and oxygen atoms in total. The van der Waals surface area contributed by atoms with Crippen LogP contribution >= 0.6 is 0 Å². The average molecular weight is 1070 g/mol. The number of pyridine rings is 1. The zero-order valence-electron chi connectivity index (χ0n) is 51.7. The van der Waals surface area contributed by atoms with Crippen molar-refractivity contribution >= 4 is 66.1 Å². The highest BCUT2D eigenvalue weighted by molar-refractivity contribution is 5.85. The number of benzene rings is 6. The maximum atomic E-state index is 4.68. The van der Waals surface area contributed by atoms with Crippen molar-refractivity contribution in [2.24, 2.45) is 0 Å². The van der Waals surface area contributed by atoms with Crippen LogP contribution in [0, 0.1) is 145 Å². The molecule has 6 aromatic heterocycles. The molecule has 0 unspecified atom stereocenters. The summed E-state index contributed by atoms with van der Waals surface area (Å²) in [7, 11) is 0. The van der Waals surface area contributed by atoms with Crippen molar-refractivity contribution in [1.82, 2.24) is 54.8 Å². The second-order valence-corrected chi connectivity index (χ2v) is 21.7. The first-order chi connectivity index (χ1) is 38.3. The zero-order valence-corrected chi connectivity index (χ0v) is 51.7. The number of rotatable bonds is 0. The molecule has 12 rings (SSSR count). The molecule has 0 aliphatic heterocycles. The molecule has 11 heteroatoms. The van der Waals surface area contributed by atoms with E-state index in [0.29, 0.717) is 0 Å². The van der Waals surface area contributed by atoms with Crippen molar-refractivity contribution < 1.29 is 0 Å². The van der Waals surface area contributed by atoms with E-state index in [2.05, 4.69) is 212 Å². The molecular formula is C70H79N11. The Labute approximate surface area is 479 Å². The summed E-state index contributed by atoms with van der Waals surface area (Å²) in [6.07, 6.45) is 5.28. The summed E-state index contributed by atoms with van der Waals surface area (Å²) in [5.41, 5.74) is 35.9. The molecule has 6 heterocycles. The molecule has 0 bridgehead atoms. The lowest BCUT2D eigenvalue weighted by Gasteiger charge is -2.13. The highest BCUT2D eigenvalue weighted by atomic mass is 14.8. The third-order valence-electron chi connectivity index (χ3n) is 15.6. The molecule has 12 aromatic rings. The third-order valence-corrected chi connectivity index (χ3v) is 15.6. The molecule has 0 amide bonds. The molecule has 81 heavy (non-hydrogen) atoms. The fourth-order valence-electron chi connectivity index (χ4n) is 9.20. The van der Waals surface area contributed by atoms with E-state index in [4.69, 9.17) is 0 Å². The van der Waals surface area contributed by atoms with Crippen molar-refractivity contribution in [2.45, 2.75) is 145 Å². The minimum atomic E-state index is 0.968. The molecule has 414 valence electrons. The molecule has 0 aliphatic carbocycles. The molecule has 0 spiro atoms. The van der Waals surface area contributed by atoms with Crippen LogP contribution in [0.3, 0.4) is 0 Å². The van der Waals surface area contributed by atoms with Crippen molar-refractivity contribution in [3.8, 4) is 0 Å². The molecular weight excluding hydrogens is 995 g/mol. The molecule has 0 saturated heterocycles. The van der Waals surface area contributed by atoms with E-state index in [0.717, 1.165) is 106 Å². The summed E-state index contributed by atoms with van der Waals surface area (Å²) in [5.74, 6) is 0. The summed E-state index contributed by atoms with van der Waals surface area (Å²) >= 11 is 0. The highest BCUT2D eigenvalue weighted by Gasteiger charge is 2.13.